The molecule has 8 aliphatic rings. The zero-order valence-corrected chi connectivity index (χ0v) is 59.8. The van der Waals surface area contributed by atoms with E-state index in [1.54, 1.807) is 0 Å². The Morgan fingerprint density at radius 1 is 0.468 bits per heavy atom. The monoisotopic (exact) mass is 1430 g/mol. The van der Waals surface area contributed by atoms with Gasteiger partial charge in [0.25, 0.3) is 0 Å². The summed E-state index contributed by atoms with van der Waals surface area (Å²) in [7, 11) is -9.65. The van der Waals surface area contributed by atoms with E-state index in [1.807, 2.05) is 24.3 Å². The molecule has 8 bridgehead atoms. The summed E-state index contributed by atoms with van der Waals surface area (Å²) in [6, 6.07) is 51.2. The summed E-state index contributed by atoms with van der Waals surface area (Å²) in [6.07, 6.45) is 5.10. The smallest absolute Gasteiger partial charge is 1.00 e. The first kappa shape index (κ1) is 75.5. The van der Waals surface area contributed by atoms with Gasteiger partial charge >= 0.3 is 65.4 Å². The molecule has 10 atom stereocenters. The third-order valence-corrected chi connectivity index (χ3v) is 23.3. The minimum atomic E-state index is -4.65. The topological polar surface area (TPSA) is 294 Å². The van der Waals surface area contributed by atoms with Crippen LogP contribution in [0.3, 0.4) is 0 Å². The summed E-state index contributed by atoms with van der Waals surface area (Å²) < 4.78 is 84.3. The third kappa shape index (κ3) is 20.6. The Hall–Kier alpha value is -5.86. The van der Waals surface area contributed by atoms with Gasteiger partial charge in [-0.25, -0.2) is 16.8 Å². The summed E-state index contributed by atoms with van der Waals surface area (Å²) in [6.45, 7) is 8.35. The molecule has 4 saturated heterocycles. The number of carboxylic acids is 2. The number of esters is 4. The number of fused-ring (bicyclic) bond motifs is 2. The van der Waals surface area contributed by atoms with E-state index < -0.39 is 80.0 Å². The molecule has 94 heavy (non-hydrogen) atoms. The summed E-state index contributed by atoms with van der Waals surface area (Å²) in [5.41, 5.74) is 6.99. The fraction of sp³-hybridized carbons (Fsp3) is 0.400. The van der Waals surface area contributed by atoms with E-state index in [0.29, 0.717) is 50.4 Å². The molecular weight excluding hydrogens is 1360 g/mol. The third-order valence-electron chi connectivity index (χ3n) is 17.7. The molecule has 0 spiro atoms. The molecule has 4 aliphatic carbocycles. The molecule has 6 aromatic carbocycles. The van der Waals surface area contributed by atoms with Crippen LogP contribution >= 0.6 is 0 Å². The molecule has 0 aromatic heterocycles. The van der Waals surface area contributed by atoms with Crippen LogP contribution in [0, 0.1) is 63.2 Å². The van der Waals surface area contributed by atoms with Crippen molar-refractivity contribution in [2.24, 2.45) is 35.5 Å². The van der Waals surface area contributed by atoms with Crippen LogP contribution in [0.1, 0.15) is 97.6 Å². The number of benzene rings is 6. The molecule has 24 heteroatoms. The summed E-state index contributed by atoms with van der Waals surface area (Å²) >= 11 is 0. The van der Waals surface area contributed by atoms with Crippen molar-refractivity contribution in [2.45, 2.75) is 159 Å². The van der Waals surface area contributed by atoms with Crippen molar-refractivity contribution in [2.75, 3.05) is 11.5 Å². The van der Waals surface area contributed by atoms with Crippen LogP contribution in [-0.2, 0) is 103 Å². The first-order valence-electron chi connectivity index (χ1n) is 30.7. The number of aryl methyl sites for hydroxylation is 4. The molecule has 496 valence electrons. The van der Waals surface area contributed by atoms with Gasteiger partial charge in [0, 0.05) is 24.7 Å². The van der Waals surface area contributed by atoms with Gasteiger partial charge in [0.1, 0.15) is 56.2 Å². The van der Waals surface area contributed by atoms with Crippen LogP contribution in [0.25, 0.3) is 0 Å². The predicted molar refractivity (Wildman–Crippen MR) is 340 cm³/mol. The van der Waals surface area contributed by atoms with Crippen LogP contribution in [0.15, 0.2) is 175 Å². The largest absolute Gasteiger partial charge is 1.00 e. The van der Waals surface area contributed by atoms with E-state index in [2.05, 4.69) is 149 Å². The first-order chi connectivity index (χ1) is 43.7. The fourth-order valence-corrected chi connectivity index (χ4v) is 19.2. The molecule has 4 heterocycles. The normalized spacial score (nSPS) is 22.7. The van der Waals surface area contributed by atoms with E-state index in [-0.39, 0.29) is 117 Å². The van der Waals surface area contributed by atoms with E-state index in [1.165, 1.54) is 51.6 Å². The molecular formula is C70H76BrNaO18S4. The van der Waals surface area contributed by atoms with Gasteiger partial charge in [-0.05, 0) is 210 Å². The van der Waals surface area contributed by atoms with E-state index in [0.717, 1.165) is 36.8 Å². The van der Waals surface area contributed by atoms with Crippen molar-refractivity contribution >= 4 is 77.8 Å². The van der Waals surface area contributed by atoms with Crippen LogP contribution < -0.4 is 46.5 Å². The van der Waals surface area contributed by atoms with Gasteiger partial charge < -0.3 is 55.2 Å². The number of halogens is 1. The standard InChI is InChI=1S/2C23H22O2S.2C12H16O7S.BrH.Na/c2*1-17-15-21(16-18(2)22(17)13-14-23(24)25)26(19-9-5-3-6-10-19)20-11-7-4-8-12-20;2*13-10(5-20(15,16)17)19-11-7-1-6-2-8(4-7)12(14)18-9(11)3-6;;/h2*3-12,15-16H,13-14H2,1-2H3;2*6-9,11H,1-5H2,(H,15,16,17);1H;/q;;;;;+1/p-1. The fourth-order valence-electron chi connectivity index (χ4n) is 14.0. The van der Waals surface area contributed by atoms with Gasteiger partial charge in [-0.2, -0.15) is 0 Å². The van der Waals surface area contributed by atoms with Crippen LogP contribution in [0.4, 0.5) is 0 Å². The van der Waals surface area contributed by atoms with Crippen molar-refractivity contribution in [3.8, 4) is 0 Å². The van der Waals surface area contributed by atoms with Crippen molar-refractivity contribution in [1.29, 1.82) is 0 Å². The first-order valence-corrected chi connectivity index (χ1v) is 36.4. The molecule has 0 radical (unpaired) electrons. The summed E-state index contributed by atoms with van der Waals surface area (Å²) in [4.78, 5) is 76.2. The Balaban J connectivity index is 0.000000177. The number of carbonyl (C=O) groups is 6. The van der Waals surface area contributed by atoms with Gasteiger partial charge in [0.2, 0.25) is 0 Å². The van der Waals surface area contributed by atoms with Crippen LogP contribution in [0.2, 0.25) is 0 Å². The van der Waals surface area contributed by atoms with Gasteiger partial charge in [0.15, 0.2) is 29.4 Å². The maximum atomic E-state index is 11.8. The Morgan fingerprint density at radius 2 is 0.755 bits per heavy atom. The SMILES string of the molecule is Cc1cc([S+](c2ccccc2)c2ccccc2)cc(C)c1CCC(=O)O.Cc1cc([S+](c2ccccc2)c2ccccc2)cc(C)c1CCC(=O)O.O=C(CS(=O)(=O)[O-])OC1C2CC3CC(C2)C(=O)OC1C3.O=C(CS(=O)(=O)[O-])OC1C2CC3CC(C2)C(=O)OC1C3.[Br-].[Na+]. The van der Waals surface area contributed by atoms with E-state index in [4.69, 9.17) is 29.2 Å². The number of aliphatic carboxylic acids is 2. The number of rotatable bonds is 18. The number of carbonyl (C=O) groups excluding carboxylic acids is 4. The Morgan fingerprint density at radius 3 is 1.02 bits per heavy atom. The summed E-state index contributed by atoms with van der Waals surface area (Å²) in [5.74, 6) is -5.94. The zero-order valence-electron chi connectivity index (χ0n) is 53.0. The average Bonchev–Trinajstić information content (AvgIpc) is 1.55. The van der Waals surface area contributed by atoms with E-state index >= 15 is 0 Å². The number of hydrogen-bond donors (Lipinski definition) is 2. The second kappa shape index (κ2) is 33.9. The molecule has 4 saturated carbocycles. The zero-order chi connectivity index (χ0) is 66.0. The number of ether oxygens (including phenoxy) is 4. The second-order valence-corrected chi connectivity index (χ2v) is 31.4. The quantitative estimate of drug-likeness (QED) is 0.0395. The van der Waals surface area contributed by atoms with Gasteiger partial charge in [0.05, 0.1) is 33.6 Å². The van der Waals surface area contributed by atoms with Gasteiger partial charge in [-0.3, -0.25) is 28.8 Å². The molecule has 0 amide bonds. The van der Waals surface area contributed by atoms with Crippen LogP contribution in [0.5, 0.6) is 0 Å². The average molecular weight is 1440 g/mol. The molecule has 14 rings (SSSR count). The second-order valence-electron chi connectivity index (χ2n) is 24.5. The number of carboxylic acid groups (broad SMARTS) is 2. The van der Waals surface area contributed by atoms with Crippen molar-refractivity contribution in [3.05, 3.63) is 179 Å². The van der Waals surface area contributed by atoms with Crippen molar-refractivity contribution in [1.82, 2.24) is 0 Å². The molecule has 6 aromatic rings. The maximum absolute atomic E-state index is 11.8. The molecule has 10 unspecified atom stereocenters. The Bertz CT molecular complexity index is 3490. The van der Waals surface area contributed by atoms with Gasteiger partial charge in [-0.15, -0.1) is 0 Å². The van der Waals surface area contributed by atoms with Crippen molar-refractivity contribution in [3.63, 3.8) is 0 Å². The molecule has 2 N–H and O–H groups in total. The minimum absolute atomic E-state index is 0. The predicted octanol–water partition coefficient (Wildman–Crippen LogP) is 4.45. The Kier molecular flexibility index (Phi) is 27.2. The molecule has 18 nitrogen and oxygen atoms in total. The Labute approximate surface area is 587 Å². The minimum Gasteiger partial charge on any atom is -1.00 e. The molecule has 4 aliphatic heterocycles. The molecule has 8 fully saturated rings. The van der Waals surface area contributed by atoms with Crippen molar-refractivity contribution < 1.29 is 130 Å². The van der Waals surface area contributed by atoms with E-state index in [9.17, 15) is 54.7 Å². The maximum Gasteiger partial charge on any atom is 1.00 e. The van der Waals surface area contributed by atoms with Crippen LogP contribution in [-0.4, -0.2) is 108 Å². The summed E-state index contributed by atoms with van der Waals surface area (Å²) in [5, 5.41) is 18.0. The number of hydrogen-bond acceptors (Lipinski definition) is 16. The van der Waals surface area contributed by atoms with Gasteiger partial charge in [-0.1, -0.05) is 72.8 Å².